The van der Waals surface area contributed by atoms with Gasteiger partial charge < -0.3 is 10.5 Å². The Balaban J connectivity index is 2.09. The molecule has 2 heterocycles. The number of halogens is 1. The number of nitrogen functional groups attached to an aromatic ring is 1. The normalized spacial score (nSPS) is 18.5. The van der Waals surface area contributed by atoms with Gasteiger partial charge in [-0.25, -0.2) is 4.68 Å². The Morgan fingerprint density at radius 2 is 2.24 bits per heavy atom. The van der Waals surface area contributed by atoms with Crippen LogP contribution in [-0.4, -0.2) is 16.4 Å². The summed E-state index contributed by atoms with van der Waals surface area (Å²) < 4.78 is 7.37. The smallest absolute Gasteiger partial charge is 0.141 e. The third-order valence-electron chi connectivity index (χ3n) is 3.01. The maximum atomic E-state index is 5.94. The largest absolute Gasteiger partial charge is 0.493 e. The van der Waals surface area contributed by atoms with Crippen LogP contribution < -0.4 is 10.5 Å². The van der Waals surface area contributed by atoms with E-state index in [4.69, 9.17) is 22.1 Å². The summed E-state index contributed by atoms with van der Waals surface area (Å²) in [6, 6.07) is 8.05. The Kier molecular flexibility index (Phi) is 2.44. The zero-order valence-electron chi connectivity index (χ0n) is 9.14. The molecule has 1 atom stereocenters. The topological polar surface area (TPSA) is 53.1 Å². The van der Waals surface area contributed by atoms with Crippen molar-refractivity contribution in [3.8, 4) is 5.75 Å². The molecule has 0 bridgehead atoms. The minimum Gasteiger partial charge on any atom is -0.493 e. The van der Waals surface area contributed by atoms with Crippen LogP contribution in [0.2, 0.25) is 5.02 Å². The minimum absolute atomic E-state index is 0.104. The van der Waals surface area contributed by atoms with E-state index in [9.17, 15) is 0 Å². The van der Waals surface area contributed by atoms with Crippen molar-refractivity contribution in [2.24, 2.45) is 0 Å². The summed E-state index contributed by atoms with van der Waals surface area (Å²) >= 11 is 5.94. The van der Waals surface area contributed by atoms with Crippen LogP contribution in [0.3, 0.4) is 0 Å². The van der Waals surface area contributed by atoms with Crippen molar-refractivity contribution in [3.05, 3.63) is 41.0 Å². The van der Waals surface area contributed by atoms with Crippen LogP contribution in [0.25, 0.3) is 0 Å². The van der Waals surface area contributed by atoms with E-state index in [0.29, 0.717) is 17.4 Å². The molecule has 0 amide bonds. The van der Waals surface area contributed by atoms with Crippen LogP contribution >= 0.6 is 11.6 Å². The number of hydrogen-bond acceptors (Lipinski definition) is 3. The van der Waals surface area contributed by atoms with Crippen molar-refractivity contribution in [1.29, 1.82) is 0 Å². The second-order valence-electron chi connectivity index (χ2n) is 4.01. The maximum absolute atomic E-state index is 5.94. The molecule has 0 spiro atoms. The van der Waals surface area contributed by atoms with Gasteiger partial charge in [-0.05, 0) is 6.07 Å². The number of anilines is 1. The molecule has 0 radical (unpaired) electrons. The average molecular weight is 250 g/mol. The number of fused-ring (bicyclic) bond motifs is 1. The Morgan fingerprint density at radius 3 is 3.00 bits per heavy atom. The number of nitrogens with two attached hydrogens (primary N) is 1. The molecule has 0 aliphatic carbocycles. The molecule has 17 heavy (non-hydrogen) atoms. The molecule has 88 valence electrons. The summed E-state index contributed by atoms with van der Waals surface area (Å²) in [4.78, 5) is 0. The second-order valence-corrected chi connectivity index (χ2v) is 4.42. The van der Waals surface area contributed by atoms with Gasteiger partial charge in [0, 0.05) is 12.0 Å². The van der Waals surface area contributed by atoms with E-state index in [-0.39, 0.29) is 6.04 Å². The van der Waals surface area contributed by atoms with E-state index in [1.54, 1.807) is 10.9 Å². The van der Waals surface area contributed by atoms with Crippen molar-refractivity contribution in [1.82, 2.24) is 9.78 Å². The Labute approximate surface area is 104 Å². The van der Waals surface area contributed by atoms with E-state index < -0.39 is 0 Å². The van der Waals surface area contributed by atoms with Gasteiger partial charge in [0.1, 0.15) is 16.6 Å². The fourth-order valence-electron chi connectivity index (χ4n) is 2.18. The summed E-state index contributed by atoms with van der Waals surface area (Å²) in [5.41, 5.74) is 7.02. The highest BCUT2D eigenvalue weighted by Crippen LogP contribution is 2.36. The molecule has 4 nitrogen and oxygen atoms in total. The lowest BCUT2D eigenvalue weighted by Crippen LogP contribution is -2.22. The van der Waals surface area contributed by atoms with E-state index >= 15 is 0 Å². The molecule has 1 aromatic heterocycles. The second kappa shape index (κ2) is 3.96. The average Bonchev–Trinajstić information content (AvgIpc) is 2.69. The predicted molar refractivity (Wildman–Crippen MR) is 66.3 cm³/mol. The number of nitrogens with zero attached hydrogens (tertiary/aromatic N) is 2. The molecule has 1 unspecified atom stereocenters. The number of aromatic nitrogens is 2. The van der Waals surface area contributed by atoms with E-state index in [2.05, 4.69) is 5.10 Å². The van der Waals surface area contributed by atoms with Gasteiger partial charge in [-0.1, -0.05) is 29.8 Å². The highest BCUT2D eigenvalue weighted by atomic mass is 35.5. The lowest BCUT2D eigenvalue weighted by molar-refractivity contribution is 0.251. The van der Waals surface area contributed by atoms with Gasteiger partial charge in [0.05, 0.1) is 18.8 Å². The third-order valence-corrected chi connectivity index (χ3v) is 3.30. The molecule has 3 rings (SSSR count). The van der Waals surface area contributed by atoms with Crippen LogP contribution in [-0.2, 0) is 0 Å². The van der Waals surface area contributed by atoms with Crippen LogP contribution in [0, 0.1) is 0 Å². The Morgan fingerprint density at radius 1 is 1.41 bits per heavy atom. The number of hydrogen-bond donors (Lipinski definition) is 1. The number of para-hydroxylation sites is 1. The van der Waals surface area contributed by atoms with Crippen molar-refractivity contribution in [2.75, 3.05) is 12.3 Å². The van der Waals surface area contributed by atoms with E-state index in [1.807, 2.05) is 24.3 Å². The lowest BCUT2D eigenvalue weighted by atomic mass is 10.0. The van der Waals surface area contributed by atoms with E-state index in [1.165, 1.54) is 0 Å². The molecule has 5 heteroatoms. The predicted octanol–water partition coefficient (Wildman–Crippen LogP) is 2.49. The first-order valence-corrected chi connectivity index (χ1v) is 5.85. The van der Waals surface area contributed by atoms with Gasteiger partial charge >= 0.3 is 0 Å². The van der Waals surface area contributed by atoms with E-state index in [0.717, 1.165) is 17.7 Å². The highest BCUT2D eigenvalue weighted by Gasteiger charge is 2.25. The first-order chi connectivity index (χ1) is 8.27. The van der Waals surface area contributed by atoms with Crippen molar-refractivity contribution < 1.29 is 4.74 Å². The lowest BCUT2D eigenvalue weighted by Gasteiger charge is -2.26. The number of benzene rings is 1. The zero-order valence-corrected chi connectivity index (χ0v) is 9.89. The molecule has 1 aliphatic rings. The van der Waals surface area contributed by atoms with Gasteiger partial charge in [0.15, 0.2) is 0 Å². The molecular weight excluding hydrogens is 238 g/mol. The Bertz CT molecular complexity index is 552. The van der Waals surface area contributed by atoms with Crippen LogP contribution in [0.5, 0.6) is 5.75 Å². The summed E-state index contributed by atoms with van der Waals surface area (Å²) in [5, 5.41) is 4.74. The van der Waals surface area contributed by atoms with Crippen molar-refractivity contribution in [2.45, 2.75) is 12.5 Å². The standard InChI is InChI=1S/C12H12ClN3O/c13-9-7-15-16(12(9)14)10-5-6-17-11-4-2-1-3-8(10)11/h1-4,7,10H,5-6,14H2. The van der Waals surface area contributed by atoms with Gasteiger partial charge in [0.2, 0.25) is 0 Å². The summed E-state index contributed by atoms with van der Waals surface area (Å²) in [6.07, 6.45) is 2.42. The van der Waals surface area contributed by atoms with Crippen LogP contribution in [0.1, 0.15) is 18.0 Å². The summed E-state index contributed by atoms with van der Waals surface area (Å²) in [6.45, 7) is 0.665. The molecule has 2 aromatic rings. The molecule has 0 saturated carbocycles. The molecule has 0 saturated heterocycles. The molecular formula is C12H12ClN3O. The van der Waals surface area contributed by atoms with Gasteiger partial charge in [-0.15, -0.1) is 0 Å². The fraction of sp³-hybridized carbons (Fsp3) is 0.250. The van der Waals surface area contributed by atoms with Crippen LogP contribution in [0.15, 0.2) is 30.5 Å². The van der Waals surface area contributed by atoms with Crippen molar-refractivity contribution >= 4 is 17.4 Å². The minimum atomic E-state index is 0.104. The van der Waals surface area contributed by atoms with Crippen LogP contribution in [0.4, 0.5) is 5.82 Å². The monoisotopic (exact) mass is 249 g/mol. The van der Waals surface area contributed by atoms with Gasteiger partial charge in [-0.3, -0.25) is 0 Å². The van der Waals surface area contributed by atoms with Gasteiger partial charge in [-0.2, -0.15) is 5.10 Å². The maximum Gasteiger partial charge on any atom is 0.141 e. The third kappa shape index (κ3) is 1.65. The summed E-state index contributed by atoms with van der Waals surface area (Å²) in [7, 11) is 0. The molecule has 2 N–H and O–H groups in total. The van der Waals surface area contributed by atoms with Gasteiger partial charge in [0.25, 0.3) is 0 Å². The summed E-state index contributed by atoms with van der Waals surface area (Å²) in [5.74, 6) is 1.41. The Hall–Kier alpha value is -1.68. The number of ether oxygens (including phenoxy) is 1. The zero-order chi connectivity index (χ0) is 11.8. The van der Waals surface area contributed by atoms with Crippen molar-refractivity contribution in [3.63, 3.8) is 0 Å². The first-order valence-electron chi connectivity index (χ1n) is 5.47. The fourth-order valence-corrected chi connectivity index (χ4v) is 2.31. The number of rotatable bonds is 1. The molecule has 1 aromatic carbocycles. The quantitative estimate of drug-likeness (QED) is 0.845. The SMILES string of the molecule is Nc1c(Cl)cnn1C1CCOc2ccccc21. The molecule has 0 fully saturated rings. The molecule has 1 aliphatic heterocycles. The first kappa shape index (κ1) is 10.5. The highest BCUT2D eigenvalue weighted by molar-refractivity contribution is 6.32.